The third kappa shape index (κ3) is 2.56. The van der Waals surface area contributed by atoms with Crippen LogP contribution in [0.2, 0.25) is 0 Å². The van der Waals surface area contributed by atoms with Crippen LogP contribution in [-0.2, 0) is 5.92 Å². The van der Waals surface area contributed by atoms with E-state index in [-0.39, 0.29) is 30.1 Å². The van der Waals surface area contributed by atoms with Gasteiger partial charge in [0.05, 0.1) is 0 Å². The van der Waals surface area contributed by atoms with Crippen molar-refractivity contribution < 1.29 is 8.78 Å². The first kappa shape index (κ1) is 12.2. The number of anilines is 1. The van der Waals surface area contributed by atoms with E-state index >= 15 is 0 Å². The number of rotatable bonds is 2. The lowest BCUT2D eigenvalue weighted by molar-refractivity contribution is -0.00748. The molecule has 0 saturated carbocycles. The van der Waals surface area contributed by atoms with Crippen LogP contribution in [0.15, 0.2) is 24.3 Å². The van der Waals surface area contributed by atoms with Gasteiger partial charge in [-0.1, -0.05) is 25.1 Å². The van der Waals surface area contributed by atoms with Crippen LogP contribution in [0.5, 0.6) is 0 Å². The highest BCUT2D eigenvalue weighted by Gasteiger charge is 2.30. The Morgan fingerprint density at radius 1 is 1.31 bits per heavy atom. The van der Waals surface area contributed by atoms with Crippen molar-refractivity contribution in [1.29, 1.82) is 0 Å². The molecule has 0 bridgehead atoms. The molecular weight excluding hydrogens is 196 g/mol. The first-order valence-electron chi connectivity index (χ1n) is 3.80. The molecule has 1 aromatic carbocycles. The number of para-hydroxylation sites is 1. The topological polar surface area (TPSA) is 26.0 Å². The van der Waals surface area contributed by atoms with E-state index in [0.717, 1.165) is 0 Å². The standard InChI is InChI=1S/C9H11F2N.ClH/c1-2-9(10,11)7-5-3-4-6-8(7)12;/h3-6H,2,12H2,1H3;1H. The highest BCUT2D eigenvalue weighted by Crippen LogP contribution is 2.34. The Morgan fingerprint density at radius 3 is 2.31 bits per heavy atom. The highest BCUT2D eigenvalue weighted by molar-refractivity contribution is 5.85. The maximum Gasteiger partial charge on any atom is 0.274 e. The fourth-order valence-corrected chi connectivity index (χ4v) is 1.02. The van der Waals surface area contributed by atoms with Crippen LogP contribution in [0.4, 0.5) is 14.5 Å². The van der Waals surface area contributed by atoms with Crippen LogP contribution in [0.1, 0.15) is 18.9 Å². The van der Waals surface area contributed by atoms with Crippen LogP contribution in [-0.4, -0.2) is 0 Å². The molecule has 1 rings (SSSR count). The van der Waals surface area contributed by atoms with Gasteiger partial charge in [-0.2, -0.15) is 0 Å². The van der Waals surface area contributed by atoms with Crippen molar-refractivity contribution in [2.24, 2.45) is 0 Å². The van der Waals surface area contributed by atoms with Crippen molar-refractivity contribution in [3.8, 4) is 0 Å². The summed E-state index contributed by atoms with van der Waals surface area (Å²) in [5, 5.41) is 0. The van der Waals surface area contributed by atoms with E-state index in [4.69, 9.17) is 5.73 Å². The molecule has 0 heterocycles. The molecule has 0 spiro atoms. The number of halogens is 3. The summed E-state index contributed by atoms with van der Waals surface area (Å²) in [6, 6.07) is 6.05. The minimum Gasteiger partial charge on any atom is -0.398 e. The molecule has 74 valence electrons. The van der Waals surface area contributed by atoms with Crippen molar-refractivity contribution in [3.05, 3.63) is 29.8 Å². The van der Waals surface area contributed by atoms with Gasteiger partial charge in [-0.3, -0.25) is 0 Å². The van der Waals surface area contributed by atoms with E-state index < -0.39 is 5.92 Å². The summed E-state index contributed by atoms with van der Waals surface area (Å²) in [5.41, 5.74) is 5.48. The number of alkyl halides is 2. The number of benzene rings is 1. The summed E-state index contributed by atoms with van der Waals surface area (Å²) in [6.07, 6.45) is -0.221. The molecule has 0 aliphatic heterocycles. The third-order valence-corrected chi connectivity index (χ3v) is 1.80. The summed E-state index contributed by atoms with van der Waals surface area (Å²) >= 11 is 0. The van der Waals surface area contributed by atoms with E-state index in [2.05, 4.69) is 0 Å². The van der Waals surface area contributed by atoms with Gasteiger partial charge in [0.1, 0.15) is 0 Å². The van der Waals surface area contributed by atoms with Crippen molar-refractivity contribution in [2.45, 2.75) is 19.3 Å². The zero-order valence-corrected chi connectivity index (χ0v) is 8.07. The zero-order valence-electron chi connectivity index (χ0n) is 7.26. The normalized spacial score (nSPS) is 10.7. The van der Waals surface area contributed by atoms with Gasteiger partial charge in [0, 0.05) is 17.7 Å². The molecule has 0 fully saturated rings. The van der Waals surface area contributed by atoms with Crippen LogP contribution in [0, 0.1) is 0 Å². The van der Waals surface area contributed by atoms with Gasteiger partial charge in [-0.25, -0.2) is 8.78 Å². The molecule has 1 nitrogen and oxygen atoms in total. The Bertz CT molecular complexity index is 276. The van der Waals surface area contributed by atoms with Gasteiger partial charge in [0.2, 0.25) is 0 Å². The molecule has 2 N–H and O–H groups in total. The fraction of sp³-hybridized carbons (Fsp3) is 0.333. The molecule has 0 unspecified atom stereocenters. The lowest BCUT2D eigenvalue weighted by atomic mass is 10.0. The largest absolute Gasteiger partial charge is 0.398 e. The predicted molar refractivity (Wildman–Crippen MR) is 52.3 cm³/mol. The lowest BCUT2D eigenvalue weighted by Crippen LogP contribution is -2.13. The summed E-state index contributed by atoms with van der Waals surface area (Å²) < 4.78 is 26.1. The summed E-state index contributed by atoms with van der Waals surface area (Å²) in [7, 11) is 0. The van der Waals surface area contributed by atoms with E-state index in [0.29, 0.717) is 0 Å². The van der Waals surface area contributed by atoms with Crippen LogP contribution in [0.3, 0.4) is 0 Å². The molecular formula is C9H12ClF2N. The highest BCUT2D eigenvalue weighted by atomic mass is 35.5. The van der Waals surface area contributed by atoms with Crippen LogP contribution < -0.4 is 5.73 Å². The number of nitrogen functional groups attached to an aromatic ring is 1. The maximum absolute atomic E-state index is 13.1. The fourth-order valence-electron chi connectivity index (χ4n) is 1.02. The van der Waals surface area contributed by atoms with E-state index in [1.54, 1.807) is 12.1 Å². The second-order valence-corrected chi connectivity index (χ2v) is 2.65. The minimum atomic E-state index is -2.80. The summed E-state index contributed by atoms with van der Waals surface area (Å²) in [5.74, 6) is -2.80. The molecule has 0 amide bonds. The second kappa shape index (κ2) is 4.42. The van der Waals surface area contributed by atoms with Crippen LogP contribution in [0.25, 0.3) is 0 Å². The van der Waals surface area contributed by atoms with Crippen molar-refractivity contribution >= 4 is 18.1 Å². The number of nitrogens with two attached hydrogens (primary N) is 1. The van der Waals surface area contributed by atoms with Crippen LogP contribution >= 0.6 is 12.4 Å². The van der Waals surface area contributed by atoms with E-state index in [1.807, 2.05) is 0 Å². The van der Waals surface area contributed by atoms with Crippen molar-refractivity contribution in [2.75, 3.05) is 5.73 Å². The molecule has 0 saturated heterocycles. The van der Waals surface area contributed by atoms with E-state index in [9.17, 15) is 8.78 Å². The molecule has 1 aromatic rings. The Kier molecular flexibility index (Phi) is 4.14. The minimum absolute atomic E-state index is 0. The van der Waals surface area contributed by atoms with Gasteiger partial charge >= 0.3 is 0 Å². The smallest absolute Gasteiger partial charge is 0.274 e. The second-order valence-electron chi connectivity index (χ2n) is 2.65. The Labute approximate surface area is 82.4 Å². The van der Waals surface area contributed by atoms with Gasteiger partial charge in [0.15, 0.2) is 0 Å². The lowest BCUT2D eigenvalue weighted by Gasteiger charge is -2.15. The number of hydrogen-bond donors (Lipinski definition) is 1. The molecule has 0 atom stereocenters. The SMILES string of the molecule is CCC(F)(F)c1ccccc1N.Cl. The van der Waals surface area contributed by atoms with Crippen molar-refractivity contribution in [1.82, 2.24) is 0 Å². The quantitative estimate of drug-likeness (QED) is 0.741. The average Bonchev–Trinajstić information content (AvgIpc) is 2.05. The van der Waals surface area contributed by atoms with Gasteiger partial charge in [0.25, 0.3) is 5.92 Å². The van der Waals surface area contributed by atoms with Crippen molar-refractivity contribution in [3.63, 3.8) is 0 Å². The van der Waals surface area contributed by atoms with E-state index in [1.165, 1.54) is 19.1 Å². The van der Waals surface area contributed by atoms with Gasteiger partial charge in [-0.15, -0.1) is 12.4 Å². The summed E-state index contributed by atoms with van der Waals surface area (Å²) in [6.45, 7) is 1.44. The first-order chi connectivity index (χ1) is 5.58. The van der Waals surface area contributed by atoms with Gasteiger partial charge < -0.3 is 5.73 Å². The summed E-state index contributed by atoms with van der Waals surface area (Å²) in [4.78, 5) is 0. The molecule has 4 heteroatoms. The Morgan fingerprint density at radius 2 is 1.85 bits per heavy atom. The Hall–Kier alpha value is -0.830. The number of hydrogen-bond acceptors (Lipinski definition) is 1. The first-order valence-corrected chi connectivity index (χ1v) is 3.80. The third-order valence-electron chi connectivity index (χ3n) is 1.80. The average molecular weight is 208 g/mol. The Balaban J connectivity index is 0.00000144. The predicted octanol–water partition coefficient (Wildman–Crippen LogP) is 3.19. The molecule has 0 radical (unpaired) electrons. The monoisotopic (exact) mass is 207 g/mol. The molecule has 0 aromatic heterocycles. The maximum atomic E-state index is 13.1. The molecule has 13 heavy (non-hydrogen) atoms. The molecule has 0 aliphatic rings. The molecule has 0 aliphatic carbocycles. The zero-order chi connectivity index (χ0) is 9.19. The van der Waals surface area contributed by atoms with Gasteiger partial charge in [-0.05, 0) is 6.07 Å².